The van der Waals surface area contributed by atoms with Crippen molar-refractivity contribution in [3.8, 4) is 5.75 Å². The monoisotopic (exact) mass is 489 g/mol. The van der Waals surface area contributed by atoms with E-state index in [2.05, 4.69) is 5.32 Å². The summed E-state index contributed by atoms with van der Waals surface area (Å²) in [5, 5.41) is 3.84. The topological polar surface area (TPSA) is 86.4 Å². The zero-order valence-electron chi connectivity index (χ0n) is 18.7. The van der Waals surface area contributed by atoms with E-state index < -0.39 is 0 Å². The molecule has 0 atom stereocenters. The van der Waals surface area contributed by atoms with Crippen molar-refractivity contribution in [3.63, 3.8) is 0 Å². The number of furan rings is 1. The van der Waals surface area contributed by atoms with Crippen molar-refractivity contribution in [2.45, 2.75) is 11.7 Å². The van der Waals surface area contributed by atoms with Crippen LogP contribution in [-0.2, 0) is 11.3 Å². The molecule has 0 fully saturated rings. The second kappa shape index (κ2) is 9.63. The number of thioether (sulfide) groups is 1. The van der Waals surface area contributed by atoms with Crippen LogP contribution in [0.25, 0.3) is 22.1 Å². The molecule has 176 valence electrons. The van der Waals surface area contributed by atoms with Gasteiger partial charge in [0.1, 0.15) is 22.7 Å². The van der Waals surface area contributed by atoms with Gasteiger partial charge < -0.3 is 14.5 Å². The number of benzene rings is 3. The van der Waals surface area contributed by atoms with Crippen LogP contribution in [0.2, 0.25) is 0 Å². The second-order valence-corrected chi connectivity index (χ2v) is 8.70. The van der Waals surface area contributed by atoms with E-state index in [1.165, 1.54) is 28.8 Å². The average Bonchev–Trinajstić information content (AvgIpc) is 3.25. The van der Waals surface area contributed by atoms with Crippen LogP contribution in [0.3, 0.4) is 0 Å². The maximum atomic E-state index is 13.5. The van der Waals surface area contributed by atoms with Crippen molar-refractivity contribution in [1.29, 1.82) is 0 Å². The molecule has 9 heteroatoms. The Hall–Kier alpha value is -4.11. The molecule has 0 aliphatic rings. The molecular formula is C26H20FN3O4S. The minimum Gasteiger partial charge on any atom is -0.497 e. The third kappa shape index (κ3) is 4.76. The molecule has 2 heterocycles. The van der Waals surface area contributed by atoms with Crippen LogP contribution < -0.4 is 15.6 Å². The Morgan fingerprint density at radius 2 is 1.83 bits per heavy atom. The number of nitrogens with one attached hydrogen (secondary N) is 1. The zero-order chi connectivity index (χ0) is 24.4. The normalized spacial score (nSPS) is 11.1. The summed E-state index contributed by atoms with van der Waals surface area (Å²) in [6.45, 7) is 0.241. The number of hydrogen-bond acceptors (Lipinski definition) is 6. The summed E-state index contributed by atoms with van der Waals surface area (Å²) in [6, 6.07) is 20.2. The molecule has 1 amide bonds. The summed E-state index contributed by atoms with van der Waals surface area (Å²) in [5.74, 6) is 0.0288. The Bertz CT molecular complexity index is 1580. The number of anilines is 1. The highest BCUT2D eigenvalue weighted by Gasteiger charge is 2.19. The highest BCUT2D eigenvalue weighted by Crippen LogP contribution is 2.28. The molecule has 2 aromatic heterocycles. The van der Waals surface area contributed by atoms with E-state index >= 15 is 0 Å². The highest BCUT2D eigenvalue weighted by atomic mass is 32.2. The van der Waals surface area contributed by atoms with Crippen molar-refractivity contribution in [3.05, 3.63) is 94.5 Å². The fraction of sp³-hybridized carbons (Fsp3) is 0.115. The summed E-state index contributed by atoms with van der Waals surface area (Å²) >= 11 is 1.14. The molecule has 3 aromatic carbocycles. The number of carbonyl (C=O) groups is 1. The van der Waals surface area contributed by atoms with Gasteiger partial charge in [-0.2, -0.15) is 0 Å². The first kappa shape index (κ1) is 22.7. The number of ether oxygens (including phenoxy) is 1. The van der Waals surface area contributed by atoms with Gasteiger partial charge in [0, 0.05) is 11.1 Å². The van der Waals surface area contributed by atoms with Gasteiger partial charge in [-0.25, -0.2) is 9.37 Å². The van der Waals surface area contributed by atoms with Crippen molar-refractivity contribution in [2.24, 2.45) is 0 Å². The summed E-state index contributed by atoms with van der Waals surface area (Å²) in [5.41, 5.74) is 2.21. The van der Waals surface area contributed by atoms with Crippen LogP contribution in [0.1, 0.15) is 5.56 Å². The Labute approximate surface area is 203 Å². The number of fused-ring (bicyclic) bond motifs is 3. The lowest BCUT2D eigenvalue weighted by Gasteiger charge is -2.12. The van der Waals surface area contributed by atoms with Crippen LogP contribution in [0.15, 0.2) is 87.2 Å². The van der Waals surface area contributed by atoms with Gasteiger partial charge in [0.2, 0.25) is 11.5 Å². The van der Waals surface area contributed by atoms with E-state index in [0.29, 0.717) is 27.7 Å². The Kier molecular flexibility index (Phi) is 6.24. The third-order valence-electron chi connectivity index (χ3n) is 5.41. The summed E-state index contributed by atoms with van der Waals surface area (Å²) in [6.07, 6.45) is 0. The first-order chi connectivity index (χ1) is 17.0. The smallest absolute Gasteiger partial charge is 0.298 e. The highest BCUT2D eigenvalue weighted by molar-refractivity contribution is 7.99. The lowest BCUT2D eigenvalue weighted by Crippen LogP contribution is -2.24. The van der Waals surface area contributed by atoms with Crippen molar-refractivity contribution >= 4 is 45.4 Å². The summed E-state index contributed by atoms with van der Waals surface area (Å²) in [4.78, 5) is 30.7. The third-order valence-corrected chi connectivity index (χ3v) is 6.38. The van der Waals surface area contributed by atoms with Gasteiger partial charge in [-0.15, -0.1) is 0 Å². The first-order valence-electron chi connectivity index (χ1n) is 10.7. The van der Waals surface area contributed by atoms with Crippen LogP contribution >= 0.6 is 11.8 Å². The standard InChI is InChI=1S/C26H20FN3O4S/c1-33-19-12-6-16(7-13-19)14-30-25(32)24-23(20-4-2-3-5-21(20)34-24)29-26(30)35-15-22(31)28-18-10-8-17(27)9-11-18/h2-13H,14-15H2,1H3,(H,28,31). The predicted molar refractivity (Wildman–Crippen MR) is 134 cm³/mol. The average molecular weight is 490 g/mol. The molecule has 0 aliphatic carbocycles. The molecule has 0 spiro atoms. The minimum absolute atomic E-state index is 0.00766. The van der Waals surface area contributed by atoms with Crippen molar-refractivity contribution < 1.29 is 18.3 Å². The molecule has 1 N–H and O–H groups in total. The number of nitrogens with zero attached hydrogens (tertiary/aromatic N) is 2. The van der Waals surface area contributed by atoms with Crippen LogP contribution in [0.4, 0.5) is 10.1 Å². The van der Waals surface area contributed by atoms with Crippen molar-refractivity contribution in [2.75, 3.05) is 18.2 Å². The number of amides is 1. The molecule has 0 bridgehead atoms. The van der Waals surface area contributed by atoms with Gasteiger partial charge in [-0.05, 0) is 54.1 Å². The predicted octanol–water partition coefficient (Wildman–Crippen LogP) is 5.07. The molecule has 5 aromatic rings. The van der Waals surface area contributed by atoms with E-state index in [1.807, 2.05) is 42.5 Å². The quantitative estimate of drug-likeness (QED) is 0.254. The molecule has 0 radical (unpaired) electrons. The number of rotatable bonds is 7. The molecule has 0 aliphatic heterocycles. The van der Waals surface area contributed by atoms with Gasteiger partial charge in [0.05, 0.1) is 19.4 Å². The van der Waals surface area contributed by atoms with E-state index in [4.69, 9.17) is 14.1 Å². The number of aromatic nitrogens is 2. The van der Waals surface area contributed by atoms with Gasteiger partial charge in [0.25, 0.3) is 5.56 Å². The Morgan fingerprint density at radius 1 is 1.09 bits per heavy atom. The summed E-state index contributed by atoms with van der Waals surface area (Å²) in [7, 11) is 1.59. The fourth-order valence-electron chi connectivity index (χ4n) is 3.68. The van der Waals surface area contributed by atoms with Gasteiger partial charge in [0.15, 0.2) is 5.16 Å². The van der Waals surface area contributed by atoms with E-state index in [0.717, 1.165) is 22.7 Å². The van der Waals surface area contributed by atoms with E-state index in [-0.39, 0.29) is 35.2 Å². The van der Waals surface area contributed by atoms with Gasteiger partial charge in [-0.3, -0.25) is 14.2 Å². The molecule has 0 unspecified atom stereocenters. The number of carbonyl (C=O) groups excluding carboxylic acids is 1. The number of halogens is 1. The summed E-state index contributed by atoms with van der Waals surface area (Å²) < 4.78 is 25.7. The van der Waals surface area contributed by atoms with E-state index in [1.54, 1.807) is 13.2 Å². The lowest BCUT2D eigenvalue weighted by atomic mass is 10.2. The van der Waals surface area contributed by atoms with Gasteiger partial charge in [-0.1, -0.05) is 36.0 Å². The SMILES string of the molecule is COc1ccc(Cn2c(SCC(=O)Nc3ccc(F)cc3)nc3c(oc4ccccc43)c2=O)cc1. The lowest BCUT2D eigenvalue weighted by molar-refractivity contribution is -0.113. The Balaban J connectivity index is 1.49. The maximum absolute atomic E-state index is 13.5. The van der Waals surface area contributed by atoms with Crippen molar-refractivity contribution in [1.82, 2.24) is 9.55 Å². The number of methoxy groups -OCH3 is 1. The number of hydrogen-bond donors (Lipinski definition) is 1. The maximum Gasteiger partial charge on any atom is 0.298 e. The molecule has 5 rings (SSSR count). The second-order valence-electron chi connectivity index (χ2n) is 7.75. The molecule has 0 saturated heterocycles. The largest absolute Gasteiger partial charge is 0.497 e. The van der Waals surface area contributed by atoms with Crippen LogP contribution in [-0.4, -0.2) is 28.3 Å². The Morgan fingerprint density at radius 3 is 2.57 bits per heavy atom. The van der Waals surface area contributed by atoms with Gasteiger partial charge >= 0.3 is 0 Å². The molecular weight excluding hydrogens is 469 g/mol. The number of para-hydroxylation sites is 1. The zero-order valence-corrected chi connectivity index (χ0v) is 19.5. The first-order valence-corrected chi connectivity index (χ1v) is 11.7. The molecule has 35 heavy (non-hydrogen) atoms. The van der Waals surface area contributed by atoms with Crippen LogP contribution in [0, 0.1) is 5.82 Å². The molecule has 7 nitrogen and oxygen atoms in total. The van der Waals surface area contributed by atoms with Crippen LogP contribution in [0.5, 0.6) is 5.75 Å². The fourth-order valence-corrected chi connectivity index (χ4v) is 4.47. The molecule has 0 saturated carbocycles. The van der Waals surface area contributed by atoms with E-state index in [9.17, 15) is 14.0 Å². The minimum atomic E-state index is -0.384.